The number of aromatic nitrogens is 1. The predicted octanol–water partition coefficient (Wildman–Crippen LogP) is 2.70. The molecule has 0 radical (unpaired) electrons. The van der Waals surface area contributed by atoms with Gasteiger partial charge in [0.15, 0.2) is 0 Å². The van der Waals surface area contributed by atoms with Crippen molar-refractivity contribution in [1.82, 2.24) is 9.71 Å². The minimum absolute atomic E-state index is 0.136. The average Bonchev–Trinajstić information content (AvgIpc) is 2.47. The highest BCUT2D eigenvalue weighted by molar-refractivity contribution is 7.89. The van der Waals surface area contributed by atoms with Crippen LogP contribution in [0.5, 0.6) is 11.6 Å². The van der Waals surface area contributed by atoms with E-state index in [4.69, 9.17) is 4.74 Å². The fourth-order valence-electron chi connectivity index (χ4n) is 1.78. The summed E-state index contributed by atoms with van der Waals surface area (Å²) in [6.45, 7) is 2.09. The van der Waals surface area contributed by atoms with Crippen LogP contribution in [0, 0.1) is 0 Å². The van der Waals surface area contributed by atoms with E-state index in [0.29, 0.717) is 18.1 Å². The van der Waals surface area contributed by atoms with Crippen LogP contribution in [-0.2, 0) is 16.6 Å². The maximum Gasteiger partial charge on any atom is 0.219 e. The Morgan fingerprint density at radius 2 is 2.05 bits per heavy atom. The molecule has 0 saturated carbocycles. The largest absolute Gasteiger partial charge is 0.439 e. The second-order valence-corrected chi connectivity index (χ2v) is 6.48. The molecule has 112 valence electrons. The molecule has 0 amide bonds. The summed E-state index contributed by atoms with van der Waals surface area (Å²) < 4.78 is 31.4. The van der Waals surface area contributed by atoms with Crippen LogP contribution in [-0.4, -0.2) is 19.2 Å². The van der Waals surface area contributed by atoms with Gasteiger partial charge < -0.3 is 4.74 Å². The van der Waals surface area contributed by atoms with Gasteiger partial charge in [0.25, 0.3) is 0 Å². The summed E-state index contributed by atoms with van der Waals surface area (Å²) >= 11 is 0. The minimum Gasteiger partial charge on any atom is -0.439 e. The van der Waals surface area contributed by atoms with E-state index in [9.17, 15) is 8.42 Å². The molecule has 0 aliphatic carbocycles. The zero-order valence-electron chi connectivity index (χ0n) is 11.8. The summed E-state index contributed by atoms with van der Waals surface area (Å²) in [4.78, 5) is 4.08. The van der Waals surface area contributed by atoms with Gasteiger partial charge in [-0.25, -0.2) is 18.1 Å². The minimum atomic E-state index is -3.20. The second kappa shape index (κ2) is 7.19. The molecule has 1 aromatic carbocycles. The highest BCUT2D eigenvalue weighted by atomic mass is 32.2. The lowest BCUT2D eigenvalue weighted by Crippen LogP contribution is -2.25. The highest BCUT2D eigenvalue weighted by Gasteiger charge is 2.08. The number of ether oxygens (including phenoxy) is 1. The number of nitrogens with one attached hydrogen (secondary N) is 1. The van der Waals surface area contributed by atoms with Crippen LogP contribution in [0.1, 0.15) is 18.9 Å². The number of hydrogen-bond acceptors (Lipinski definition) is 4. The Labute approximate surface area is 125 Å². The standard InChI is InChI=1S/C15H18N2O3S/c1-2-10-21(18,19)17-12-13-6-5-7-14(11-13)20-15-8-3-4-9-16-15/h3-9,11,17H,2,10,12H2,1H3. The number of hydrogen-bond donors (Lipinski definition) is 1. The maximum atomic E-state index is 11.6. The van der Waals surface area contributed by atoms with E-state index in [0.717, 1.165) is 5.56 Å². The highest BCUT2D eigenvalue weighted by Crippen LogP contribution is 2.20. The first-order valence-electron chi connectivity index (χ1n) is 6.74. The average molecular weight is 306 g/mol. The molecule has 6 heteroatoms. The molecule has 0 unspecified atom stereocenters. The smallest absolute Gasteiger partial charge is 0.219 e. The van der Waals surface area contributed by atoms with Crippen molar-refractivity contribution in [2.24, 2.45) is 0 Å². The van der Waals surface area contributed by atoms with Crippen LogP contribution in [0.2, 0.25) is 0 Å². The third kappa shape index (κ3) is 5.17. The van der Waals surface area contributed by atoms with Crippen molar-refractivity contribution < 1.29 is 13.2 Å². The molecule has 0 fully saturated rings. The van der Waals surface area contributed by atoms with Crippen LogP contribution >= 0.6 is 0 Å². The molecular formula is C15H18N2O3S. The van der Waals surface area contributed by atoms with E-state index in [1.165, 1.54) is 0 Å². The number of pyridine rings is 1. The molecule has 0 aliphatic rings. The first-order chi connectivity index (χ1) is 10.1. The molecule has 0 atom stereocenters. The molecule has 1 heterocycles. The van der Waals surface area contributed by atoms with Crippen molar-refractivity contribution in [3.63, 3.8) is 0 Å². The van der Waals surface area contributed by atoms with E-state index < -0.39 is 10.0 Å². The van der Waals surface area contributed by atoms with Crippen molar-refractivity contribution >= 4 is 10.0 Å². The number of nitrogens with zero attached hydrogens (tertiary/aromatic N) is 1. The first kappa shape index (κ1) is 15.5. The zero-order chi connectivity index (χ0) is 15.1. The Balaban J connectivity index is 2.01. The third-order valence-corrected chi connectivity index (χ3v) is 4.26. The molecule has 21 heavy (non-hydrogen) atoms. The molecule has 0 saturated heterocycles. The Hall–Kier alpha value is -1.92. The summed E-state index contributed by atoms with van der Waals surface area (Å²) in [5.41, 5.74) is 0.836. The van der Waals surface area contributed by atoms with Crippen LogP contribution in [0.25, 0.3) is 0 Å². The first-order valence-corrected chi connectivity index (χ1v) is 8.39. The van der Waals surface area contributed by atoms with Crippen LogP contribution in [0.4, 0.5) is 0 Å². The lowest BCUT2D eigenvalue weighted by atomic mass is 10.2. The molecule has 2 rings (SSSR count). The van der Waals surface area contributed by atoms with Gasteiger partial charge in [-0.15, -0.1) is 0 Å². The van der Waals surface area contributed by atoms with Crippen molar-refractivity contribution in [3.8, 4) is 11.6 Å². The van der Waals surface area contributed by atoms with E-state index in [1.54, 1.807) is 24.4 Å². The SMILES string of the molecule is CCCS(=O)(=O)NCc1cccc(Oc2ccccn2)c1. The third-order valence-electron chi connectivity index (χ3n) is 2.73. The van der Waals surface area contributed by atoms with Gasteiger partial charge in [0, 0.05) is 18.8 Å². The maximum absolute atomic E-state index is 11.6. The topological polar surface area (TPSA) is 68.3 Å². The molecule has 0 bridgehead atoms. The number of rotatable bonds is 7. The summed E-state index contributed by atoms with van der Waals surface area (Å²) in [6, 6.07) is 12.7. The van der Waals surface area contributed by atoms with E-state index >= 15 is 0 Å². The van der Waals surface area contributed by atoms with Gasteiger partial charge in [-0.3, -0.25) is 0 Å². The second-order valence-electron chi connectivity index (χ2n) is 4.56. The Morgan fingerprint density at radius 3 is 2.76 bits per heavy atom. The lowest BCUT2D eigenvalue weighted by Gasteiger charge is -2.08. The van der Waals surface area contributed by atoms with Crippen LogP contribution in [0.3, 0.4) is 0 Å². The Bertz CT molecular complexity index is 672. The predicted molar refractivity (Wildman–Crippen MR) is 81.7 cm³/mol. The summed E-state index contributed by atoms with van der Waals surface area (Å²) in [5, 5.41) is 0. The van der Waals surface area contributed by atoms with Gasteiger partial charge in [-0.05, 0) is 30.2 Å². The monoisotopic (exact) mass is 306 g/mol. The van der Waals surface area contributed by atoms with Crippen LogP contribution < -0.4 is 9.46 Å². The zero-order valence-corrected chi connectivity index (χ0v) is 12.6. The summed E-state index contributed by atoms with van der Waals surface area (Å²) in [5.74, 6) is 1.26. The quantitative estimate of drug-likeness (QED) is 0.854. The molecule has 2 aromatic rings. The van der Waals surface area contributed by atoms with E-state index in [2.05, 4.69) is 9.71 Å². The van der Waals surface area contributed by atoms with Crippen LogP contribution in [0.15, 0.2) is 48.7 Å². The normalized spacial score (nSPS) is 11.3. The number of sulfonamides is 1. The molecule has 0 aliphatic heterocycles. The fraction of sp³-hybridized carbons (Fsp3) is 0.267. The van der Waals surface area contributed by atoms with Gasteiger partial charge >= 0.3 is 0 Å². The number of benzene rings is 1. The molecule has 0 spiro atoms. The summed E-state index contributed by atoms with van der Waals surface area (Å²) in [7, 11) is -3.20. The summed E-state index contributed by atoms with van der Waals surface area (Å²) in [6.07, 6.45) is 2.25. The Kier molecular flexibility index (Phi) is 5.30. The molecule has 1 aromatic heterocycles. The van der Waals surface area contributed by atoms with Crippen molar-refractivity contribution in [1.29, 1.82) is 0 Å². The van der Waals surface area contributed by atoms with Crippen molar-refractivity contribution in [2.75, 3.05) is 5.75 Å². The van der Waals surface area contributed by atoms with Crippen molar-refractivity contribution in [2.45, 2.75) is 19.9 Å². The van der Waals surface area contributed by atoms with Gasteiger partial charge in [0.2, 0.25) is 15.9 Å². The van der Waals surface area contributed by atoms with Gasteiger partial charge in [-0.1, -0.05) is 25.1 Å². The van der Waals surface area contributed by atoms with E-state index in [1.807, 2.05) is 31.2 Å². The molecule has 1 N–H and O–H groups in total. The Morgan fingerprint density at radius 1 is 1.19 bits per heavy atom. The molecule has 5 nitrogen and oxygen atoms in total. The van der Waals surface area contributed by atoms with Gasteiger partial charge in [-0.2, -0.15) is 0 Å². The van der Waals surface area contributed by atoms with E-state index in [-0.39, 0.29) is 12.3 Å². The lowest BCUT2D eigenvalue weighted by molar-refractivity contribution is 0.462. The van der Waals surface area contributed by atoms with Crippen molar-refractivity contribution in [3.05, 3.63) is 54.2 Å². The van der Waals surface area contributed by atoms with Gasteiger partial charge in [0.1, 0.15) is 5.75 Å². The fourth-order valence-corrected chi connectivity index (χ4v) is 2.85. The molecular weight excluding hydrogens is 288 g/mol. The van der Waals surface area contributed by atoms with Gasteiger partial charge in [0.05, 0.1) is 5.75 Å².